The molecule has 1 heterocycles. The van der Waals surface area contributed by atoms with Crippen molar-refractivity contribution in [1.82, 2.24) is 10.6 Å². The molecule has 1 aliphatic heterocycles. The molecule has 2 rings (SSSR count). The van der Waals surface area contributed by atoms with Crippen LogP contribution in [0, 0.1) is 11.3 Å². The third-order valence-electron chi connectivity index (χ3n) is 5.50. The van der Waals surface area contributed by atoms with Gasteiger partial charge in [0.2, 0.25) is 5.91 Å². The van der Waals surface area contributed by atoms with E-state index in [0.717, 1.165) is 58.0 Å². The number of carbonyl (C=O) groups excluding carboxylic acids is 1. The van der Waals surface area contributed by atoms with E-state index >= 15 is 0 Å². The van der Waals surface area contributed by atoms with Gasteiger partial charge in [-0.1, -0.05) is 13.8 Å². The van der Waals surface area contributed by atoms with Crippen LogP contribution in [0.15, 0.2) is 0 Å². The van der Waals surface area contributed by atoms with E-state index in [0.29, 0.717) is 12.5 Å². The molecule has 0 atom stereocenters. The van der Waals surface area contributed by atoms with Crippen molar-refractivity contribution in [2.75, 3.05) is 19.6 Å². The van der Waals surface area contributed by atoms with Gasteiger partial charge < -0.3 is 15.7 Å². The van der Waals surface area contributed by atoms with Gasteiger partial charge in [-0.15, -0.1) is 0 Å². The number of carbonyl (C=O) groups is 1. The number of piperidine rings is 1. The van der Waals surface area contributed by atoms with E-state index in [1.807, 2.05) is 0 Å². The third kappa shape index (κ3) is 3.53. The highest BCUT2D eigenvalue weighted by molar-refractivity contribution is 5.82. The Hall–Kier alpha value is -0.610. The van der Waals surface area contributed by atoms with Crippen molar-refractivity contribution >= 4 is 5.91 Å². The second kappa shape index (κ2) is 6.44. The fourth-order valence-electron chi connectivity index (χ4n) is 3.56. The molecule has 20 heavy (non-hydrogen) atoms. The first kappa shape index (κ1) is 15.8. The van der Waals surface area contributed by atoms with Crippen LogP contribution in [0.2, 0.25) is 0 Å². The molecular weight excluding hydrogens is 252 g/mol. The van der Waals surface area contributed by atoms with Gasteiger partial charge in [0.05, 0.1) is 11.0 Å². The predicted molar refractivity (Wildman–Crippen MR) is 80.4 cm³/mol. The van der Waals surface area contributed by atoms with E-state index in [1.165, 1.54) is 0 Å². The highest BCUT2D eigenvalue weighted by atomic mass is 16.3. The second-order valence-corrected chi connectivity index (χ2v) is 6.97. The van der Waals surface area contributed by atoms with Gasteiger partial charge >= 0.3 is 0 Å². The molecule has 1 aliphatic carbocycles. The standard InChI is InChI=1S/C16H30N2O2/c1-3-15(8-10-17-11-9-15)14(19)18-12-16(20)6-4-13(2)5-7-16/h13,17,20H,3-12H2,1-2H3,(H,18,19). The van der Waals surface area contributed by atoms with E-state index in [-0.39, 0.29) is 11.3 Å². The number of amides is 1. The Bertz CT molecular complexity index is 329. The topological polar surface area (TPSA) is 61.4 Å². The lowest BCUT2D eigenvalue weighted by molar-refractivity contribution is -0.134. The van der Waals surface area contributed by atoms with Crippen molar-refractivity contribution in [2.45, 2.75) is 64.4 Å². The lowest BCUT2D eigenvalue weighted by Gasteiger charge is -2.38. The molecule has 0 bridgehead atoms. The molecule has 1 saturated carbocycles. The fourth-order valence-corrected chi connectivity index (χ4v) is 3.56. The fraction of sp³-hybridized carbons (Fsp3) is 0.938. The minimum Gasteiger partial charge on any atom is -0.388 e. The summed E-state index contributed by atoms with van der Waals surface area (Å²) >= 11 is 0. The molecule has 4 nitrogen and oxygen atoms in total. The first-order valence-electron chi connectivity index (χ1n) is 8.21. The monoisotopic (exact) mass is 282 g/mol. The summed E-state index contributed by atoms with van der Waals surface area (Å²) in [7, 11) is 0. The van der Waals surface area contributed by atoms with Crippen LogP contribution >= 0.6 is 0 Å². The van der Waals surface area contributed by atoms with Gasteiger partial charge in [-0.05, 0) is 64.0 Å². The van der Waals surface area contributed by atoms with Crippen molar-refractivity contribution in [1.29, 1.82) is 0 Å². The Kier molecular flexibility index (Phi) is 5.08. The van der Waals surface area contributed by atoms with Gasteiger partial charge in [-0.25, -0.2) is 0 Å². The van der Waals surface area contributed by atoms with Gasteiger partial charge in [-0.3, -0.25) is 4.79 Å². The van der Waals surface area contributed by atoms with E-state index in [9.17, 15) is 9.90 Å². The summed E-state index contributed by atoms with van der Waals surface area (Å²) in [4.78, 5) is 12.6. The zero-order valence-electron chi connectivity index (χ0n) is 13.0. The molecule has 0 aromatic heterocycles. The van der Waals surface area contributed by atoms with Crippen LogP contribution in [-0.2, 0) is 4.79 Å². The largest absolute Gasteiger partial charge is 0.388 e. The van der Waals surface area contributed by atoms with Gasteiger partial charge in [0.1, 0.15) is 0 Å². The zero-order valence-corrected chi connectivity index (χ0v) is 13.0. The molecule has 1 amide bonds. The lowest BCUT2D eigenvalue weighted by atomic mass is 9.75. The van der Waals surface area contributed by atoms with Gasteiger partial charge in [0.15, 0.2) is 0 Å². The van der Waals surface area contributed by atoms with E-state index in [4.69, 9.17) is 0 Å². The molecule has 4 heteroatoms. The van der Waals surface area contributed by atoms with E-state index in [1.54, 1.807) is 0 Å². The third-order valence-corrected chi connectivity index (χ3v) is 5.50. The Morgan fingerprint density at radius 1 is 1.25 bits per heavy atom. The number of hydrogen-bond donors (Lipinski definition) is 3. The van der Waals surface area contributed by atoms with E-state index < -0.39 is 5.60 Å². The number of rotatable bonds is 4. The van der Waals surface area contributed by atoms with Crippen molar-refractivity contribution in [2.24, 2.45) is 11.3 Å². The molecule has 0 aromatic rings. The average Bonchev–Trinajstić information content (AvgIpc) is 2.49. The number of hydrogen-bond acceptors (Lipinski definition) is 3. The lowest BCUT2D eigenvalue weighted by Crippen LogP contribution is -2.52. The maximum Gasteiger partial charge on any atom is 0.226 e. The normalized spacial score (nSPS) is 33.6. The minimum atomic E-state index is -0.677. The Balaban J connectivity index is 1.87. The van der Waals surface area contributed by atoms with Gasteiger partial charge in [0.25, 0.3) is 0 Å². The molecule has 0 radical (unpaired) electrons. The van der Waals surface area contributed by atoms with Gasteiger partial charge in [0, 0.05) is 6.54 Å². The molecule has 1 saturated heterocycles. The quantitative estimate of drug-likeness (QED) is 0.737. The number of nitrogens with one attached hydrogen (secondary N) is 2. The summed E-state index contributed by atoms with van der Waals surface area (Å²) in [6.45, 7) is 6.60. The van der Waals surface area contributed by atoms with Crippen LogP contribution in [0.3, 0.4) is 0 Å². The van der Waals surface area contributed by atoms with Crippen LogP contribution < -0.4 is 10.6 Å². The second-order valence-electron chi connectivity index (χ2n) is 6.97. The van der Waals surface area contributed by atoms with Crippen LogP contribution in [0.1, 0.15) is 58.8 Å². The highest BCUT2D eigenvalue weighted by Crippen LogP contribution is 2.34. The van der Waals surface area contributed by atoms with Crippen LogP contribution in [0.5, 0.6) is 0 Å². The Morgan fingerprint density at radius 2 is 1.85 bits per heavy atom. The van der Waals surface area contributed by atoms with Crippen LogP contribution in [0.25, 0.3) is 0 Å². The highest BCUT2D eigenvalue weighted by Gasteiger charge is 2.39. The van der Waals surface area contributed by atoms with Crippen LogP contribution in [0.4, 0.5) is 0 Å². The summed E-state index contributed by atoms with van der Waals surface area (Å²) in [5, 5.41) is 16.9. The zero-order chi connectivity index (χ0) is 14.6. The van der Waals surface area contributed by atoms with E-state index in [2.05, 4.69) is 24.5 Å². The molecule has 3 N–H and O–H groups in total. The molecule has 0 unspecified atom stereocenters. The Labute approximate surface area is 122 Å². The average molecular weight is 282 g/mol. The molecule has 0 spiro atoms. The summed E-state index contributed by atoms with van der Waals surface area (Å²) in [6, 6.07) is 0. The molecule has 2 aliphatic rings. The predicted octanol–water partition coefficient (Wildman–Crippen LogP) is 1.82. The summed E-state index contributed by atoms with van der Waals surface area (Å²) in [5.41, 5.74) is -0.895. The molecule has 0 aromatic carbocycles. The smallest absolute Gasteiger partial charge is 0.226 e. The maximum atomic E-state index is 12.6. The Morgan fingerprint density at radius 3 is 2.40 bits per heavy atom. The van der Waals surface area contributed by atoms with Crippen molar-refractivity contribution in [3.63, 3.8) is 0 Å². The summed E-state index contributed by atoms with van der Waals surface area (Å²) in [6.07, 6.45) is 6.46. The summed E-state index contributed by atoms with van der Waals surface area (Å²) in [5.74, 6) is 0.853. The number of aliphatic hydroxyl groups is 1. The first-order chi connectivity index (χ1) is 9.50. The molecule has 2 fully saturated rings. The first-order valence-corrected chi connectivity index (χ1v) is 8.21. The molecular formula is C16H30N2O2. The SMILES string of the molecule is CCC1(C(=O)NCC2(O)CCC(C)CC2)CCNCC1. The molecule has 116 valence electrons. The maximum absolute atomic E-state index is 12.6. The summed E-state index contributed by atoms with van der Waals surface area (Å²) < 4.78 is 0. The van der Waals surface area contributed by atoms with Crippen molar-refractivity contribution in [3.05, 3.63) is 0 Å². The van der Waals surface area contributed by atoms with Crippen LogP contribution in [-0.4, -0.2) is 36.2 Å². The minimum absolute atomic E-state index is 0.147. The van der Waals surface area contributed by atoms with Crippen molar-refractivity contribution in [3.8, 4) is 0 Å². The van der Waals surface area contributed by atoms with Crippen molar-refractivity contribution < 1.29 is 9.90 Å². The van der Waals surface area contributed by atoms with Gasteiger partial charge in [-0.2, -0.15) is 0 Å².